The lowest BCUT2D eigenvalue weighted by molar-refractivity contribution is -0.131. The molecule has 11 nitrogen and oxygen atoms in total. The van der Waals surface area contributed by atoms with Gasteiger partial charge in [-0.3, -0.25) is 19.4 Å². The van der Waals surface area contributed by atoms with E-state index in [1.54, 1.807) is 0 Å². The Labute approximate surface area is 213 Å². The zero-order valence-corrected chi connectivity index (χ0v) is 22.1. The van der Waals surface area contributed by atoms with E-state index in [1.165, 1.54) is 23.7 Å². The fourth-order valence-electron chi connectivity index (χ4n) is 3.46. The molecule has 1 saturated heterocycles. The van der Waals surface area contributed by atoms with E-state index in [-0.39, 0.29) is 25.4 Å². The number of nitrogens with zero attached hydrogens (tertiary/aromatic N) is 2. The molecule has 2 aromatic rings. The van der Waals surface area contributed by atoms with Crippen LogP contribution in [0.15, 0.2) is 18.2 Å². The van der Waals surface area contributed by atoms with Crippen LogP contribution in [0.1, 0.15) is 23.9 Å². The van der Waals surface area contributed by atoms with E-state index in [0.717, 1.165) is 22.0 Å². The van der Waals surface area contributed by atoms with Gasteiger partial charge in [0.15, 0.2) is 9.84 Å². The van der Waals surface area contributed by atoms with Crippen molar-refractivity contribution in [2.45, 2.75) is 24.5 Å². The lowest BCUT2D eigenvalue weighted by Gasteiger charge is -2.35. The molecule has 194 valence electrons. The summed E-state index contributed by atoms with van der Waals surface area (Å²) in [5, 5.41) is 9.61. The summed E-state index contributed by atoms with van der Waals surface area (Å²) in [6.07, 6.45) is 1.17. The first kappa shape index (κ1) is 28.3. The van der Waals surface area contributed by atoms with Gasteiger partial charge in [0.25, 0.3) is 5.91 Å². The van der Waals surface area contributed by atoms with Crippen LogP contribution in [0.2, 0.25) is 0 Å². The maximum atomic E-state index is 12.1. The molecule has 14 heteroatoms. The molecule has 0 spiro atoms. The Bertz CT molecular complexity index is 1410. The molecule has 0 radical (unpaired) electrons. The van der Waals surface area contributed by atoms with Gasteiger partial charge in [-0.1, -0.05) is 11.8 Å². The molecule has 1 aliphatic heterocycles. The molecule has 4 N–H and O–H groups in total. The van der Waals surface area contributed by atoms with E-state index in [4.69, 9.17) is 15.0 Å². The number of hydroxylamine groups is 1. The summed E-state index contributed by atoms with van der Waals surface area (Å²) >= 11 is 1.38. The number of thiazole rings is 1. The van der Waals surface area contributed by atoms with Crippen LogP contribution in [-0.4, -0.2) is 76.4 Å². The third-order valence-corrected chi connectivity index (χ3v) is 9.44. The third kappa shape index (κ3) is 7.35. The number of rotatable bonds is 9. The monoisotopic (exact) mass is 555 g/mol. The Balaban J connectivity index is 1.56. The molecule has 0 saturated carbocycles. The molecule has 1 aromatic heterocycles. The SMILES string of the molecule is CC(CCc1nc2ccc(C#CC#CC3CN(CCOP(=O)(O)O)C3)cc2s1)(C(=O)NO)S(C)(=O)=O. The summed E-state index contributed by atoms with van der Waals surface area (Å²) in [7, 11) is -8.21. The number of benzene rings is 1. The van der Waals surface area contributed by atoms with E-state index in [2.05, 4.69) is 33.2 Å². The number of amides is 1. The van der Waals surface area contributed by atoms with Crippen molar-refractivity contribution in [3.8, 4) is 23.7 Å². The molecular formula is C22H26N3O8PS2. The Morgan fingerprint density at radius 3 is 2.72 bits per heavy atom. The first-order valence-electron chi connectivity index (χ1n) is 10.8. The molecule has 1 unspecified atom stereocenters. The number of phosphoric acid groups is 1. The van der Waals surface area contributed by atoms with Gasteiger partial charge in [0.05, 0.1) is 21.8 Å². The highest BCUT2D eigenvalue weighted by molar-refractivity contribution is 7.92. The van der Waals surface area contributed by atoms with Gasteiger partial charge in [-0.05, 0) is 43.4 Å². The van der Waals surface area contributed by atoms with Crippen LogP contribution < -0.4 is 5.48 Å². The second kappa shape index (κ2) is 11.4. The number of hydrogen-bond acceptors (Lipinski definition) is 9. The first-order chi connectivity index (χ1) is 16.8. The number of fused-ring (bicyclic) bond motifs is 1. The van der Waals surface area contributed by atoms with Gasteiger partial charge in [0, 0.05) is 43.8 Å². The van der Waals surface area contributed by atoms with Crippen LogP contribution in [0.25, 0.3) is 10.2 Å². The molecule has 2 heterocycles. The van der Waals surface area contributed by atoms with Gasteiger partial charge >= 0.3 is 7.82 Å². The first-order valence-corrected chi connectivity index (χ1v) is 15.0. The zero-order valence-electron chi connectivity index (χ0n) is 19.6. The predicted octanol–water partition coefficient (Wildman–Crippen LogP) is 0.934. The number of carbonyl (C=O) groups excluding carboxylic acids is 1. The summed E-state index contributed by atoms with van der Waals surface area (Å²) in [5.74, 6) is 10.9. The highest BCUT2D eigenvalue weighted by atomic mass is 32.2. The van der Waals surface area contributed by atoms with Gasteiger partial charge < -0.3 is 9.79 Å². The topological polar surface area (TPSA) is 166 Å². The molecule has 1 aliphatic rings. The van der Waals surface area contributed by atoms with Crippen LogP contribution in [0, 0.1) is 29.6 Å². The highest BCUT2D eigenvalue weighted by Crippen LogP contribution is 2.35. The molecule has 0 bridgehead atoms. The molecule has 0 aliphatic carbocycles. The molecular weight excluding hydrogens is 529 g/mol. The van der Waals surface area contributed by atoms with Crippen LogP contribution in [0.5, 0.6) is 0 Å². The number of likely N-dealkylation sites (tertiary alicyclic amines) is 1. The second-order valence-electron chi connectivity index (χ2n) is 8.53. The van der Waals surface area contributed by atoms with Gasteiger partial charge in [0.1, 0.15) is 4.75 Å². The predicted molar refractivity (Wildman–Crippen MR) is 134 cm³/mol. The van der Waals surface area contributed by atoms with E-state index < -0.39 is 28.3 Å². The lowest BCUT2D eigenvalue weighted by Crippen LogP contribution is -2.49. The minimum atomic E-state index is -4.43. The van der Waals surface area contributed by atoms with Gasteiger partial charge in [-0.2, -0.15) is 0 Å². The maximum absolute atomic E-state index is 12.1. The number of sulfone groups is 1. The number of phosphoric ester groups is 1. The Morgan fingerprint density at radius 1 is 1.36 bits per heavy atom. The largest absolute Gasteiger partial charge is 0.469 e. The van der Waals surface area contributed by atoms with Crippen molar-refractivity contribution in [3.05, 3.63) is 28.8 Å². The second-order valence-corrected chi connectivity index (χ2v) is 13.3. The van der Waals surface area contributed by atoms with Crippen LogP contribution in [-0.2, 0) is 30.1 Å². The normalized spacial score (nSPS) is 16.2. The average molecular weight is 556 g/mol. The Hall–Kier alpha value is -2.32. The van der Waals surface area contributed by atoms with Crippen molar-refractivity contribution in [2.24, 2.45) is 5.92 Å². The van der Waals surface area contributed by atoms with E-state index in [1.807, 2.05) is 23.1 Å². The van der Waals surface area contributed by atoms with Crippen LogP contribution in [0.3, 0.4) is 0 Å². The Kier molecular flexibility index (Phi) is 8.93. The maximum Gasteiger partial charge on any atom is 0.469 e. The summed E-state index contributed by atoms with van der Waals surface area (Å²) in [6.45, 7) is 3.03. The summed E-state index contributed by atoms with van der Waals surface area (Å²) in [6, 6.07) is 5.49. The van der Waals surface area contributed by atoms with Gasteiger partial charge in [0.2, 0.25) is 0 Å². The van der Waals surface area contributed by atoms with E-state index in [9.17, 15) is 17.8 Å². The summed E-state index contributed by atoms with van der Waals surface area (Å²) < 4.78 is 38.4. The molecule has 36 heavy (non-hydrogen) atoms. The number of hydrogen-bond donors (Lipinski definition) is 4. The minimum absolute atomic E-state index is 0.0321. The lowest BCUT2D eigenvalue weighted by atomic mass is 10.0. The van der Waals surface area contributed by atoms with Crippen molar-refractivity contribution < 1.29 is 37.3 Å². The molecule has 1 amide bonds. The fraction of sp³-hybridized carbons (Fsp3) is 0.455. The van der Waals surface area contributed by atoms with Crippen molar-refractivity contribution in [2.75, 3.05) is 32.5 Å². The van der Waals surface area contributed by atoms with Crippen molar-refractivity contribution in [1.29, 1.82) is 0 Å². The summed E-state index contributed by atoms with van der Waals surface area (Å²) in [4.78, 5) is 35.8. The van der Waals surface area contributed by atoms with E-state index in [0.29, 0.717) is 24.6 Å². The summed E-state index contributed by atoms with van der Waals surface area (Å²) in [5.41, 5.74) is 2.92. The van der Waals surface area contributed by atoms with E-state index >= 15 is 0 Å². The highest BCUT2D eigenvalue weighted by Gasteiger charge is 2.43. The number of nitrogens with one attached hydrogen (secondary N) is 1. The van der Waals surface area contributed by atoms with Crippen molar-refractivity contribution in [1.82, 2.24) is 15.4 Å². The van der Waals surface area contributed by atoms with Crippen molar-refractivity contribution >= 4 is 45.1 Å². The van der Waals surface area contributed by atoms with Gasteiger partial charge in [-0.25, -0.2) is 23.4 Å². The molecule has 1 aromatic carbocycles. The van der Waals surface area contributed by atoms with Gasteiger partial charge in [-0.15, -0.1) is 11.3 Å². The minimum Gasteiger partial charge on any atom is -0.303 e. The number of aromatic nitrogens is 1. The van der Waals surface area contributed by atoms with Crippen molar-refractivity contribution in [3.63, 3.8) is 0 Å². The zero-order chi connectivity index (χ0) is 26.6. The fourth-order valence-corrected chi connectivity index (χ4v) is 5.64. The molecule has 1 fully saturated rings. The number of carbonyl (C=O) groups is 1. The molecule has 3 rings (SSSR count). The quantitative estimate of drug-likeness (QED) is 0.151. The third-order valence-electron chi connectivity index (χ3n) is 5.82. The standard InChI is InChI=1S/C22H26N3O8PS2/c1-22(21(26)24-27,36(2,31)32)10-9-20-23-18-8-7-16(13-19(18)35-20)5-3-4-6-17-14-25(15-17)11-12-33-34(28,29)30/h7-8,13,17,27H,9-12,14-15H2,1-2H3,(H,24,26)(H2,28,29,30). The Morgan fingerprint density at radius 2 is 2.08 bits per heavy atom. The van der Waals surface area contributed by atoms with Crippen LogP contribution >= 0.6 is 19.2 Å². The number of aryl methyl sites for hydroxylation is 1. The van der Waals surface area contributed by atoms with Crippen LogP contribution in [0.4, 0.5) is 0 Å². The smallest absolute Gasteiger partial charge is 0.303 e. The molecule has 1 atom stereocenters. The average Bonchev–Trinajstić information content (AvgIpc) is 3.17.